The molecule has 1 aliphatic carbocycles. The molecule has 0 unspecified atom stereocenters. The van der Waals surface area contributed by atoms with Gasteiger partial charge in [-0.2, -0.15) is 4.80 Å². The quantitative estimate of drug-likeness (QED) is 0.728. The highest BCUT2D eigenvalue weighted by molar-refractivity contribution is 5.89. The minimum absolute atomic E-state index is 0.149. The van der Waals surface area contributed by atoms with Crippen molar-refractivity contribution in [3.8, 4) is 0 Å². The van der Waals surface area contributed by atoms with E-state index in [1.807, 2.05) is 20.8 Å². The van der Waals surface area contributed by atoms with E-state index < -0.39 is 5.41 Å². The molecule has 1 aromatic rings. The van der Waals surface area contributed by atoms with Crippen molar-refractivity contribution in [1.29, 1.82) is 0 Å². The third-order valence-corrected chi connectivity index (χ3v) is 2.87. The van der Waals surface area contributed by atoms with Crippen molar-refractivity contribution < 1.29 is 4.79 Å². The van der Waals surface area contributed by atoms with Crippen LogP contribution >= 0.6 is 0 Å². The summed E-state index contributed by atoms with van der Waals surface area (Å²) in [5.74, 6) is 0.737. The number of hydrogen-bond donors (Lipinski definition) is 0. The summed E-state index contributed by atoms with van der Waals surface area (Å²) in [6, 6.07) is 0. The number of ketones is 1. The molecule has 1 fully saturated rings. The second-order valence-corrected chi connectivity index (χ2v) is 5.21. The van der Waals surface area contributed by atoms with Gasteiger partial charge in [-0.25, -0.2) is 0 Å². The fourth-order valence-corrected chi connectivity index (χ4v) is 1.55. The van der Waals surface area contributed by atoms with Crippen LogP contribution in [0.1, 0.15) is 46.4 Å². The molecule has 1 aliphatic rings. The van der Waals surface area contributed by atoms with Crippen molar-refractivity contribution in [2.75, 3.05) is 0 Å². The Hall–Kier alpha value is -1.26. The molecule has 0 N–H and O–H groups in total. The molecule has 1 aromatic heterocycles. The van der Waals surface area contributed by atoms with Crippen LogP contribution in [0.2, 0.25) is 0 Å². The van der Waals surface area contributed by atoms with Crippen LogP contribution in [0.4, 0.5) is 0 Å². The topological polar surface area (TPSA) is 60.7 Å². The van der Waals surface area contributed by atoms with Crippen LogP contribution < -0.4 is 0 Å². The van der Waals surface area contributed by atoms with Crippen molar-refractivity contribution in [2.45, 2.75) is 51.5 Å². The normalized spacial score (nSPS) is 18.9. The lowest BCUT2D eigenvalue weighted by Gasteiger charge is -2.15. The van der Waals surface area contributed by atoms with Crippen LogP contribution in [0.25, 0.3) is 0 Å². The Balaban J connectivity index is 2.33. The van der Waals surface area contributed by atoms with Crippen LogP contribution in [0.15, 0.2) is 0 Å². The Bertz CT molecular complexity index is 398. The van der Waals surface area contributed by atoms with Gasteiger partial charge in [-0.3, -0.25) is 4.79 Å². The third kappa shape index (κ3) is 1.56. The Morgan fingerprint density at radius 1 is 1.40 bits per heavy atom. The molecule has 0 radical (unpaired) electrons. The Morgan fingerprint density at radius 3 is 2.33 bits per heavy atom. The summed E-state index contributed by atoms with van der Waals surface area (Å²) in [5, 5.41) is 12.3. The molecular formula is C10H16N4O. The molecule has 15 heavy (non-hydrogen) atoms. The van der Waals surface area contributed by atoms with Gasteiger partial charge >= 0.3 is 0 Å². The summed E-state index contributed by atoms with van der Waals surface area (Å²) in [5.41, 5.74) is -0.596. The maximum atomic E-state index is 11.5. The van der Waals surface area contributed by atoms with Gasteiger partial charge in [-0.15, -0.1) is 10.2 Å². The smallest absolute Gasteiger partial charge is 0.188 e. The molecular weight excluding hydrogens is 192 g/mol. The number of nitrogens with zero attached hydrogens (tertiary/aromatic N) is 4. The van der Waals surface area contributed by atoms with Crippen LogP contribution in [-0.4, -0.2) is 26.0 Å². The molecule has 0 amide bonds. The average Bonchev–Trinajstić information content (AvgIpc) is 2.75. The van der Waals surface area contributed by atoms with E-state index in [-0.39, 0.29) is 11.3 Å². The molecule has 0 spiro atoms. The van der Waals surface area contributed by atoms with Crippen LogP contribution in [0, 0.1) is 0 Å². The first-order valence-corrected chi connectivity index (χ1v) is 5.18. The van der Waals surface area contributed by atoms with Gasteiger partial charge in [0.05, 0.1) is 11.0 Å². The van der Waals surface area contributed by atoms with E-state index in [1.54, 1.807) is 11.7 Å². The summed E-state index contributed by atoms with van der Waals surface area (Å²) < 4.78 is 0. The first-order chi connectivity index (χ1) is 6.86. The summed E-state index contributed by atoms with van der Waals surface area (Å²) in [4.78, 5) is 13.0. The molecule has 0 atom stereocenters. The van der Waals surface area contributed by atoms with E-state index in [4.69, 9.17) is 0 Å². The Labute approximate surface area is 88.9 Å². The largest absolute Gasteiger partial charge is 0.299 e. The summed E-state index contributed by atoms with van der Waals surface area (Å²) in [6.45, 7) is 7.62. The second kappa shape index (κ2) is 2.87. The predicted octanol–water partition coefficient (Wildman–Crippen LogP) is 1.05. The van der Waals surface area contributed by atoms with Crippen molar-refractivity contribution in [2.24, 2.45) is 0 Å². The van der Waals surface area contributed by atoms with E-state index in [1.165, 1.54) is 0 Å². The van der Waals surface area contributed by atoms with Gasteiger partial charge in [-0.05, 0) is 45.7 Å². The molecule has 1 saturated carbocycles. The first-order valence-electron chi connectivity index (χ1n) is 5.18. The SMILES string of the molecule is CC(=O)C1(c2nnn(C(C)(C)C)n2)CC1. The molecule has 0 bridgehead atoms. The number of rotatable bonds is 2. The zero-order chi connectivity index (χ0) is 11.3. The van der Waals surface area contributed by atoms with Gasteiger partial charge in [0.25, 0.3) is 0 Å². The van der Waals surface area contributed by atoms with Gasteiger partial charge in [0.15, 0.2) is 5.82 Å². The van der Waals surface area contributed by atoms with Gasteiger partial charge in [0.1, 0.15) is 5.78 Å². The molecule has 5 nitrogen and oxygen atoms in total. The second-order valence-electron chi connectivity index (χ2n) is 5.21. The van der Waals surface area contributed by atoms with Crippen LogP contribution in [-0.2, 0) is 15.7 Å². The Morgan fingerprint density at radius 2 is 2.00 bits per heavy atom. The van der Waals surface area contributed by atoms with E-state index in [2.05, 4.69) is 15.4 Å². The zero-order valence-electron chi connectivity index (χ0n) is 9.61. The highest BCUT2D eigenvalue weighted by Gasteiger charge is 2.52. The Kier molecular flexibility index (Phi) is 1.96. The third-order valence-electron chi connectivity index (χ3n) is 2.87. The van der Waals surface area contributed by atoms with Crippen molar-refractivity contribution in [1.82, 2.24) is 20.2 Å². The number of hydrogen-bond acceptors (Lipinski definition) is 4. The van der Waals surface area contributed by atoms with Crippen LogP contribution in [0.3, 0.4) is 0 Å². The van der Waals surface area contributed by atoms with Gasteiger partial charge in [0, 0.05) is 0 Å². The highest BCUT2D eigenvalue weighted by atomic mass is 16.1. The average molecular weight is 208 g/mol. The minimum Gasteiger partial charge on any atom is -0.299 e. The molecule has 1 heterocycles. The maximum absolute atomic E-state index is 11.5. The lowest BCUT2D eigenvalue weighted by Crippen LogP contribution is -2.26. The van der Waals surface area contributed by atoms with Crippen LogP contribution in [0.5, 0.6) is 0 Å². The summed E-state index contributed by atoms with van der Waals surface area (Å²) >= 11 is 0. The monoisotopic (exact) mass is 208 g/mol. The fraction of sp³-hybridized carbons (Fsp3) is 0.800. The number of Topliss-reactive ketones (excluding diaryl/α,β-unsaturated/α-hetero) is 1. The lowest BCUT2D eigenvalue weighted by atomic mass is 10.0. The van der Waals surface area contributed by atoms with Gasteiger partial charge in [-0.1, -0.05) is 0 Å². The molecule has 0 aliphatic heterocycles. The molecule has 2 rings (SSSR count). The zero-order valence-corrected chi connectivity index (χ0v) is 9.61. The molecule has 5 heteroatoms. The summed E-state index contributed by atoms with van der Waals surface area (Å²) in [7, 11) is 0. The van der Waals surface area contributed by atoms with Crippen molar-refractivity contribution >= 4 is 5.78 Å². The maximum Gasteiger partial charge on any atom is 0.188 e. The number of aromatic nitrogens is 4. The van der Waals surface area contributed by atoms with Gasteiger partial charge < -0.3 is 0 Å². The number of tetrazole rings is 1. The van der Waals surface area contributed by atoms with Gasteiger partial charge in [0.2, 0.25) is 0 Å². The summed E-state index contributed by atoms with van der Waals surface area (Å²) in [6.07, 6.45) is 1.72. The molecule has 0 saturated heterocycles. The van der Waals surface area contributed by atoms with E-state index in [0.717, 1.165) is 12.8 Å². The molecule has 0 aromatic carbocycles. The van der Waals surface area contributed by atoms with E-state index >= 15 is 0 Å². The number of carbonyl (C=O) groups is 1. The predicted molar refractivity (Wildman–Crippen MR) is 54.4 cm³/mol. The standard InChI is InChI=1S/C10H16N4O/c1-7(15)10(5-6-10)8-11-13-14(12-8)9(2,3)4/h5-6H2,1-4H3. The molecule has 82 valence electrons. The number of carbonyl (C=O) groups excluding carboxylic acids is 1. The van der Waals surface area contributed by atoms with E-state index in [9.17, 15) is 4.79 Å². The minimum atomic E-state index is -0.413. The first kappa shape index (κ1) is 10.3. The fourth-order valence-electron chi connectivity index (χ4n) is 1.55. The van der Waals surface area contributed by atoms with E-state index in [0.29, 0.717) is 5.82 Å². The van der Waals surface area contributed by atoms with Crippen molar-refractivity contribution in [3.63, 3.8) is 0 Å². The van der Waals surface area contributed by atoms with Crippen molar-refractivity contribution in [3.05, 3.63) is 5.82 Å². The lowest BCUT2D eigenvalue weighted by molar-refractivity contribution is -0.119. The highest BCUT2D eigenvalue weighted by Crippen LogP contribution is 2.47.